The summed E-state index contributed by atoms with van der Waals surface area (Å²) >= 11 is 0. The zero-order valence-corrected chi connectivity index (χ0v) is 12.5. The third kappa shape index (κ3) is 2.77. The zero-order chi connectivity index (χ0) is 15.7. The molecule has 2 heteroatoms. The van der Waals surface area contributed by atoms with E-state index in [1.54, 1.807) is 0 Å². The number of halogens is 2. The van der Waals surface area contributed by atoms with Gasteiger partial charge in [-0.25, -0.2) is 8.78 Å². The highest BCUT2D eigenvalue weighted by atomic mass is 19.1. The van der Waals surface area contributed by atoms with E-state index in [1.165, 1.54) is 6.07 Å². The van der Waals surface area contributed by atoms with Crippen LogP contribution in [0.15, 0.2) is 60.7 Å². The quantitative estimate of drug-likeness (QED) is 0.550. The van der Waals surface area contributed by atoms with Gasteiger partial charge in [0.05, 0.1) is 0 Å². The fraction of sp³-hybridized carbons (Fsp3) is 0.100. The molecule has 0 atom stereocenters. The van der Waals surface area contributed by atoms with Crippen LogP contribution in [0.25, 0.3) is 22.3 Å². The molecule has 0 bridgehead atoms. The molecule has 0 saturated heterocycles. The SMILES string of the molecule is Cc1cccc(-c2cc(F)cc(F)c2-c2cccc(C)c2)c1. The van der Waals surface area contributed by atoms with Gasteiger partial charge in [0.25, 0.3) is 0 Å². The molecule has 0 amide bonds. The molecule has 0 heterocycles. The van der Waals surface area contributed by atoms with Gasteiger partial charge in [-0.1, -0.05) is 59.7 Å². The first-order valence-electron chi connectivity index (χ1n) is 7.18. The van der Waals surface area contributed by atoms with Gasteiger partial charge in [-0.2, -0.15) is 0 Å². The first-order valence-corrected chi connectivity index (χ1v) is 7.18. The Labute approximate surface area is 129 Å². The molecule has 0 spiro atoms. The Bertz CT molecular complexity index is 835. The van der Waals surface area contributed by atoms with E-state index >= 15 is 0 Å². The monoisotopic (exact) mass is 294 g/mol. The van der Waals surface area contributed by atoms with Crippen LogP contribution < -0.4 is 0 Å². The Hall–Kier alpha value is -2.48. The Kier molecular flexibility index (Phi) is 3.76. The predicted octanol–water partition coefficient (Wildman–Crippen LogP) is 5.92. The van der Waals surface area contributed by atoms with Crippen LogP contribution in [0.4, 0.5) is 8.78 Å². The second-order valence-corrected chi connectivity index (χ2v) is 5.55. The van der Waals surface area contributed by atoms with Crippen LogP contribution in [-0.2, 0) is 0 Å². The van der Waals surface area contributed by atoms with Gasteiger partial charge in [0.1, 0.15) is 11.6 Å². The summed E-state index contributed by atoms with van der Waals surface area (Å²) in [6, 6.07) is 17.6. The summed E-state index contributed by atoms with van der Waals surface area (Å²) in [7, 11) is 0. The summed E-state index contributed by atoms with van der Waals surface area (Å²) in [6.07, 6.45) is 0. The fourth-order valence-corrected chi connectivity index (χ4v) is 2.71. The van der Waals surface area contributed by atoms with Crippen LogP contribution >= 0.6 is 0 Å². The van der Waals surface area contributed by atoms with Crippen molar-refractivity contribution in [2.75, 3.05) is 0 Å². The largest absolute Gasteiger partial charge is 0.207 e. The van der Waals surface area contributed by atoms with Crippen molar-refractivity contribution in [2.45, 2.75) is 13.8 Å². The fourth-order valence-electron chi connectivity index (χ4n) is 2.71. The van der Waals surface area contributed by atoms with Crippen molar-refractivity contribution in [2.24, 2.45) is 0 Å². The first kappa shape index (κ1) is 14.5. The smallest absolute Gasteiger partial charge is 0.134 e. The van der Waals surface area contributed by atoms with E-state index in [2.05, 4.69) is 0 Å². The van der Waals surface area contributed by atoms with Crippen molar-refractivity contribution in [3.8, 4) is 22.3 Å². The normalized spacial score (nSPS) is 10.7. The van der Waals surface area contributed by atoms with E-state index < -0.39 is 11.6 Å². The van der Waals surface area contributed by atoms with Crippen molar-refractivity contribution in [3.05, 3.63) is 83.4 Å². The lowest BCUT2D eigenvalue weighted by Crippen LogP contribution is -1.93. The number of aryl methyl sites for hydroxylation is 2. The molecular weight excluding hydrogens is 278 g/mol. The summed E-state index contributed by atoms with van der Waals surface area (Å²) < 4.78 is 28.2. The van der Waals surface area contributed by atoms with Gasteiger partial charge in [-0.15, -0.1) is 0 Å². The Morgan fingerprint density at radius 1 is 0.682 bits per heavy atom. The molecule has 3 aromatic carbocycles. The molecule has 0 unspecified atom stereocenters. The molecule has 3 rings (SSSR count). The molecule has 0 nitrogen and oxygen atoms in total. The second-order valence-electron chi connectivity index (χ2n) is 5.55. The molecule has 0 N–H and O–H groups in total. The standard InChI is InChI=1S/C20H16F2/c1-13-5-3-7-15(9-13)18-11-17(21)12-19(22)20(18)16-8-4-6-14(2)10-16/h3-12H,1-2H3. The lowest BCUT2D eigenvalue weighted by Gasteiger charge is -2.13. The summed E-state index contributed by atoms with van der Waals surface area (Å²) in [5.41, 5.74) is 4.68. The molecular formula is C20H16F2. The van der Waals surface area contributed by atoms with Gasteiger partial charge in [0.2, 0.25) is 0 Å². The van der Waals surface area contributed by atoms with Crippen LogP contribution in [0.1, 0.15) is 11.1 Å². The highest BCUT2D eigenvalue weighted by molar-refractivity contribution is 5.84. The minimum absolute atomic E-state index is 0.440. The Morgan fingerprint density at radius 3 is 1.91 bits per heavy atom. The van der Waals surface area contributed by atoms with Gasteiger partial charge >= 0.3 is 0 Å². The van der Waals surface area contributed by atoms with Crippen LogP contribution in [0.5, 0.6) is 0 Å². The maximum atomic E-state index is 14.5. The van der Waals surface area contributed by atoms with Gasteiger partial charge < -0.3 is 0 Å². The van der Waals surface area contributed by atoms with Crippen molar-refractivity contribution < 1.29 is 8.78 Å². The van der Waals surface area contributed by atoms with Crippen LogP contribution in [0.3, 0.4) is 0 Å². The topological polar surface area (TPSA) is 0 Å². The van der Waals surface area contributed by atoms with Gasteiger partial charge in [0.15, 0.2) is 0 Å². The maximum absolute atomic E-state index is 14.5. The summed E-state index contributed by atoms with van der Waals surface area (Å²) in [6.45, 7) is 3.92. The Morgan fingerprint density at radius 2 is 1.27 bits per heavy atom. The lowest BCUT2D eigenvalue weighted by molar-refractivity contribution is 0.586. The van der Waals surface area contributed by atoms with Gasteiger partial charge in [0, 0.05) is 11.6 Å². The number of hydrogen-bond donors (Lipinski definition) is 0. The second kappa shape index (κ2) is 5.72. The van der Waals surface area contributed by atoms with Crippen LogP contribution in [-0.4, -0.2) is 0 Å². The van der Waals surface area contributed by atoms with E-state index in [0.29, 0.717) is 11.1 Å². The maximum Gasteiger partial charge on any atom is 0.134 e. The third-order valence-electron chi connectivity index (χ3n) is 3.69. The average molecular weight is 294 g/mol. The van der Waals surface area contributed by atoms with E-state index in [9.17, 15) is 8.78 Å². The van der Waals surface area contributed by atoms with E-state index in [-0.39, 0.29) is 0 Å². The first-order chi connectivity index (χ1) is 10.5. The van der Waals surface area contributed by atoms with Crippen molar-refractivity contribution in [1.29, 1.82) is 0 Å². The van der Waals surface area contributed by atoms with Crippen LogP contribution in [0, 0.1) is 25.5 Å². The number of rotatable bonds is 2. The average Bonchev–Trinajstić information content (AvgIpc) is 2.46. The number of hydrogen-bond acceptors (Lipinski definition) is 0. The molecule has 0 aliphatic carbocycles. The molecule has 3 aromatic rings. The molecule has 0 radical (unpaired) electrons. The highest BCUT2D eigenvalue weighted by Gasteiger charge is 2.15. The highest BCUT2D eigenvalue weighted by Crippen LogP contribution is 2.35. The molecule has 0 aliphatic rings. The minimum Gasteiger partial charge on any atom is -0.207 e. The molecule has 110 valence electrons. The van der Waals surface area contributed by atoms with Crippen molar-refractivity contribution >= 4 is 0 Å². The van der Waals surface area contributed by atoms with Crippen molar-refractivity contribution in [3.63, 3.8) is 0 Å². The molecule has 0 aromatic heterocycles. The molecule has 0 aliphatic heterocycles. The van der Waals surface area contributed by atoms with Crippen molar-refractivity contribution in [1.82, 2.24) is 0 Å². The third-order valence-corrected chi connectivity index (χ3v) is 3.69. The lowest BCUT2D eigenvalue weighted by atomic mass is 9.92. The minimum atomic E-state index is -0.564. The summed E-state index contributed by atoms with van der Waals surface area (Å²) in [5, 5.41) is 0. The molecule has 22 heavy (non-hydrogen) atoms. The zero-order valence-electron chi connectivity index (χ0n) is 12.5. The number of benzene rings is 3. The summed E-state index contributed by atoms with van der Waals surface area (Å²) in [4.78, 5) is 0. The van der Waals surface area contributed by atoms with Gasteiger partial charge in [-0.3, -0.25) is 0 Å². The van der Waals surface area contributed by atoms with E-state index in [1.807, 2.05) is 62.4 Å². The predicted molar refractivity (Wildman–Crippen MR) is 86.7 cm³/mol. The molecule has 0 fully saturated rings. The van der Waals surface area contributed by atoms with E-state index in [0.717, 1.165) is 28.3 Å². The van der Waals surface area contributed by atoms with E-state index in [4.69, 9.17) is 0 Å². The molecule has 0 saturated carbocycles. The Balaban J connectivity index is 2.30. The summed E-state index contributed by atoms with van der Waals surface area (Å²) in [5.74, 6) is -1.10. The van der Waals surface area contributed by atoms with Gasteiger partial charge in [-0.05, 0) is 36.6 Å². The van der Waals surface area contributed by atoms with Crippen LogP contribution in [0.2, 0.25) is 0 Å².